The smallest absolute Gasteiger partial charge is 0.227 e. The van der Waals surface area contributed by atoms with E-state index in [2.05, 4.69) is 10.4 Å². The highest BCUT2D eigenvalue weighted by Gasteiger charge is 2.16. The summed E-state index contributed by atoms with van der Waals surface area (Å²) >= 11 is 12.1. The third-order valence-corrected chi connectivity index (χ3v) is 3.71. The number of nitrogens with one attached hydrogen (secondary N) is 1. The van der Waals surface area contributed by atoms with Crippen LogP contribution in [-0.2, 0) is 4.79 Å². The minimum Gasteiger partial charge on any atom is -0.356 e. The second-order valence-electron chi connectivity index (χ2n) is 4.83. The monoisotopic (exact) mass is 325 g/mol. The predicted octanol–water partition coefficient (Wildman–Crippen LogP) is 3.81. The minimum absolute atomic E-state index is 0.00259. The number of halogens is 2. The van der Waals surface area contributed by atoms with Crippen molar-refractivity contribution in [3.05, 3.63) is 46.2 Å². The first kappa shape index (κ1) is 15.9. The van der Waals surface area contributed by atoms with E-state index >= 15 is 0 Å². The van der Waals surface area contributed by atoms with Crippen LogP contribution in [0.2, 0.25) is 10.0 Å². The third-order valence-electron chi connectivity index (χ3n) is 3.21. The predicted molar refractivity (Wildman–Crippen MR) is 85.3 cm³/mol. The van der Waals surface area contributed by atoms with E-state index in [4.69, 9.17) is 23.2 Å². The van der Waals surface area contributed by atoms with Crippen LogP contribution in [0.15, 0.2) is 30.6 Å². The summed E-state index contributed by atoms with van der Waals surface area (Å²) in [5.41, 5.74) is 1.60. The van der Waals surface area contributed by atoms with Gasteiger partial charge < -0.3 is 5.32 Å². The number of hydrogen-bond donors (Lipinski definition) is 1. The van der Waals surface area contributed by atoms with Crippen LogP contribution in [0, 0.1) is 0 Å². The molecular weight excluding hydrogens is 309 g/mol. The van der Waals surface area contributed by atoms with Gasteiger partial charge in [-0.15, -0.1) is 0 Å². The average Bonchev–Trinajstić information content (AvgIpc) is 2.90. The summed E-state index contributed by atoms with van der Waals surface area (Å²) in [4.78, 5) is 12.0. The van der Waals surface area contributed by atoms with Crippen LogP contribution in [0.25, 0.3) is 5.69 Å². The molecule has 1 aromatic carbocycles. The minimum atomic E-state index is -0.246. The Bertz CT molecular complexity index is 640. The van der Waals surface area contributed by atoms with Crippen LogP contribution >= 0.6 is 23.2 Å². The molecule has 1 atom stereocenters. The molecule has 0 fully saturated rings. The van der Waals surface area contributed by atoms with Crippen molar-refractivity contribution in [3.8, 4) is 5.69 Å². The lowest BCUT2D eigenvalue weighted by atomic mass is 10.00. The van der Waals surface area contributed by atoms with Gasteiger partial charge in [0.2, 0.25) is 5.91 Å². The summed E-state index contributed by atoms with van der Waals surface area (Å²) in [6.45, 7) is 4.56. The molecule has 0 saturated carbocycles. The van der Waals surface area contributed by atoms with Gasteiger partial charge in [-0.25, -0.2) is 4.68 Å². The second kappa shape index (κ2) is 6.96. The molecule has 0 aliphatic carbocycles. The Kier molecular flexibility index (Phi) is 5.26. The third kappa shape index (κ3) is 3.77. The van der Waals surface area contributed by atoms with Crippen molar-refractivity contribution in [2.75, 3.05) is 6.54 Å². The summed E-state index contributed by atoms with van der Waals surface area (Å²) in [6.07, 6.45) is 4.14. The molecule has 0 bridgehead atoms. The first-order valence-electron chi connectivity index (χ1n) is 6.80. The molecule has 0 radical (unpaired) electrons. The van der Waals surface area contributed by atoms with Crippen molar-refractivity contribution in [2.45, 2.75) is 26.2 Å². The maximum absolute atomic E-state index is 12.0. The van der Waals surface area contributed by atoms with Gasteiger partial charge >= 0.3 is 0 Å². The number of benzene rings is 1. The molecule has 1 N–H and O–H groups in total. The van der Waals surface area contributed by atoms with Crippen molar-refractivity contribution in [2.24, 2.45) is 0 Å². The van der Waals surface area contributed by atoms with Crippen LogP contribution in [0.4, 0.5) is 0 Å². The summed E-state index contributed by atoms with van der Waals surface area (Å²) in [5, 5.41) is 8.07. The molecular formula is C15H17Cl2N3O. The molecule has 0 saturated heterocycles. The summed E-state index contributed by atoms with van der Waals surface area (Å²) in [7, 11) is 0. The van der Waals surface area contributed by atoms with Crippen LogP contribution in [-0.4, -0.2) is 22.2 Å². The summed E-state index contributed by atoms with van der Waals surface area (Å²) < 4.78 is 1.61. The number of aromatic nitrogens is 2. The zero-order valence-electron chi connectivity index (χ0n) is 11.9. The van der Waals surface area contributed by atoms with Crippen molar-refractivity contribution < 1.29 is 4.79 Å². The number of hydrogen-bond acceptors (Lipinski definition) is 2. The number of rotatable bonds is 5. The van der Waals surface area contributed by atoms with Crippen molar-refractivity contribution in [1.29, 1.82) is 0 Å². The Morgan fingerprint density at radius 1 is 1.43 bits per heavy atom. The topological polar surface area (TPSA) is 46.9 Å². The molecule has 112 valence electrons. The van der Waals surface area contributed by atoms with E-state index in [-0.39, 0.29) is 11.8 Å². The average molecular weight is 326 g/mol. The molecule has 0 spiro atoms. The Balaban J connectivity index is 2.20. The van der Waals surface area contributed by atoms with Gasteiger partial charge in [-0.3, -0.25) is 4.79 Å². The van der Waals surface area contributed by atoms with Crippen molar-refractivity contribution in [3.63, 3.8) is 0 Å². The molecule has 6 heteroatoms. The lowest BCUT2D eigenvalue weighted by Crippen LogP contribution is -2.28. The maximum atomic E-state index is 12.0. The maximum Gasteiger partial charge on any atom is 0.227 e. The van der Waals surface area contributed by atoms with Crippen molar-refractivity contribution >= 4 is 29.1 Å². The fourth-order valence-corrected chi connectivity index (χ4v) is 2.38. The van der Waals surface area contributed by atoms with E-state index in [1.807, 2.05) is 26.0 Å². The van der Waals surface area contributed by atoms with Crippen LogP contribution in [0.1, 0.15) is 31.7 Å². The zero-order chi connectivity index (χ0) is 15.4. The lowest BCUT2D eigenvalue weighted by molar-refractivity contribution is -0.122. The molecule has 21 heavy (non-hydrogen) atoms. The highest BCUT2D eigenvalue weighted by atomic mass is 35.5. The Hall–Kier alpha value is -1.52. The molecule has 4 nitrogen and oxygen atoms in total. The van der Waals surface area contributed by atoms with Gasteiger partial charge in [-0.2, -0.15) is 5.10 Å². The van der Waals surface area contributed by atoms with E-state index in [1.54, 1.807) is 23.1 Å². The lowest BCUT2D eigenvalue weighted by Gasteiger charge is -2.14. The van der Waals surface area contributed by atoms with E-state index in [1.165, 1.54) is 0 Å². The number of nitrogens with zero attached hydrogens (tertiary/aromatic N) is 2. The Morgan fingerprint density at radius 3 is 2.76 bits per heavy atom. The van der Waals surface area contributed by atoms with Gasteiger partial charge in [0.25, 0.3) is 0 Å². The van der Waals surface area contributed by atoms with E-state index in [0.29, 0.717) is 16.6 Å². The molecule has 1 amide bonds. The highest BCUT2D eigenvalue weighted by molar-refractivity contribution is 6.32. The second-order valence-corrected chi connectivity index (χ2v) is 5.67. The number of carbonyl (C=O) groups is 1. The molecule has 2 aromatic rings. The van der Waals surface area contributed by atoms with Gasteiger partial charge in [-0.05, 0) is 31.0 Å². The number of amides is 1. The number of carbonyl (C=O) groups excluding carboxylic acids is 1. The van der Waals surface area contributed by atoms with E-state index in [0.717, 1.165) is 17.7 Å². The molecule has 2 rings (SSSR count). The van der Waals surface area contributed by atoms with Crippen molar-refractivity contribution in [1.82, 2.24) is 15.1 Å². The fourth-order valence-electron chi connectivity index (χ4n) is 1.96. The highest BCUT2D eigenvalue weighted by Crippen LogP contribution is 2.26. The van der Waals surface area contributed by atoms with Gasteiger partial charge in [0.1, 0.15) is 0 Å². The quantitative estimate of drug-likeness (QED) is 0.908. The van der Waals surface area contributed by atoms with Gasteiger partial charge in [0.05, 0.1) is 27.8 Å². The fraction of sp³-hybridized carbons (Fsp3) is 0.333. The molecule has 0 aliphatic heterocycles. The van der Waals surface area contributed by atoms with Crippen LogP contribution in [0.3, 0.4) is 0 Å². The van der Waals surface area contributed by atoms with Crippen LogP contribution < -0.4 is 5.32 Å². The SMILES string of the molecule is CCCNC(=O)C(C)c1ccc(-n2cc(Cl)cn2)c(Cl)c1. The first-order valence-corrected chi connectivity index (χ1v) is 7.56. The van der Waals surface area contributed by atoms with Crippen LogP contribution in [0.5, 0.6) is 0 Å². The molecule has 1 unspecified atom stereocenters. The van der Waals surface area contributed by atoms with E-state index < -0.39 is 0 Å². The molecule has 1 heterocycles. The standard InChI is InChI=1S/C15H17Cl2N3O/c1-3-6-18-15(21)10(2)11-4-5-14(13(17)7-11)20-9-12(16)8-19-20/h4-5,7-10H,3,6H2,1-2H3,(H,18,21). The first-order chi connectivity index (χ1) is 10.0. The molecule has 1 aromatic heterocycles. The zero-order valence-corrected chi connectivity index (χ0v) is 13.4. The van der Waals surface area contributed by atoms with Gasteiger partial charge in [0, 0.05) is 12.7 Å². The molecule has 0 aliphatic rings. The normalized spacial score (nSPS) is 12.2. The van der Waals surface area contributed by atoms with Gasteiger partial charge in [-0.1, -0.05) is 36.2 Å². The Morgan fingerprint density at radius 2 is 2.19 bits per heavy atom. The Labute approximate surface area is 134 Å². The summed E-state index contributed by atoms with van der Waals surface area (Å²) in [6, 6.07) is 5.51. The summed E-state index contributed by atoms with van der Waals surface area (Å²) in [5.74, 6) is -0.243. The largest absolute Gasteiger partial charge is 0.356 e. The van der Waals surface area contributed by atoms with Gasteiger partial charge in [0.15, 0.2) is 0 Å². The van der Waals surface area contributed by atoms with E-state index in [9.17, 15) is 4.79 Å².